The van der Waals surface area contributed by atoms with Crippen molar-refractivity contribution in [3.8, 4) is 11.3 Å². The molecule has 0 saturated heterocycles. The van der Waals surface area contributed by atoms with Crippen LogP contribution in [0, 0.1) is 18.8 Å². The first-order valence-electron chi connectivity index (χ1n) is 9.67. The maximum absolute atomic E-state index is 13.0. The number of hydrogen-bond donors (Lipinski definition) is 0. The molecule has 3 atom stereocenters. The van der Waals surface area contributed by atoms with Gasteiger partial charge in [-0.3, -0.25) is 9.36 Å². The Hall–Kier alpha value is -2.33. The highest BCUT2D eigenvalue weighted by Gasteiger charge is 2.41. The van der Waals surface area contributed by atoms with Gasteiger partial charge in [0.25, 0.3) is 5.56 Å². The Kier molecular flexibility index (Phi) is 3.97. The number of fused-ring (bicyclic) bond motifs is 2. The van der Waals surface area contributed by atoms with E-state index in [0.717, 1.165) is 28.3 Å². The van der Waals surface area contributed by atoms with Gasteiger partial charge in [-0.25, -0.2) is 0 Å². The molecule has 3 unspecified atom stereocenters. The minimum absolute atomic E-state index is 0.0934. The number of benzene rings is 1. The summed E-state index contributed by atoms with van der Waals surface area (Å²) in [5.41, 5.74) is 2.36. The zero-order valence-corrected chi connectivity index (χ0v) is 16.3. The molecule has 0 amide bonds. The summed E-state index contributed by atoms with van der Waals surface area (Å²) in [5, 5.41) is 0. The van der Waals surface area contributed by atoms with E-state index in [9.17, 15) is 4.79 Å². The van der Waals surface area contributed by atoms with E-state index in [0.29, 0.717) is 22.3 Å². The molecule has 27 heavy (non-hydrogen) atoms. The van der Waals surface area contributed by atoms with E-state index >= 15 is 0 Å². The smallest absolute Gasteiger partial charge is 0.269 e. The molecule has 0 aliphatic heterocycles. The lowest BCUT2D eigenvalue weighted by Gasteiger charge is -2.22. The Bertz CT molecular complexity index is 1150. The number of rotatable bonds is 3. The van der Waals surface area contributed by atoms with Crippen LogP contribution in [-0.4, -0.2) is 4.57 Å². The molecule has 0 N–H and O–H groups in total. The van der Waals surface area contributed by atoms with Gasteiger partial charge >= 0.3 is 0 Å². The molecule has 2 fully saturated rings. The topological polar surface area (TPSA) is 35.1 Å². The maximum atomic E-state index is 13.0. The minimum Gasteiger partial charge on any atom is -0.457 e. The molecule has 4 heteroatoms. The van der Waals surface area contributed by atoms with Crippen LogP contribution in [-0.2, 0) is 0 Å². The highest BCUT2D eigenvalue weighted by molar-refractivity contribution is 7.07. The SMILES string of the molecule is C=c1s/c(=C\c2ccc(-c3ccc(C)cc3)o2)c(=O)n1C1CC2CCC1C2. The van der Waals surface area contributed by atoms with E-state index in [1.54, 1.807) is 0 Å². The minimum atomic E-state index is 0.0934. The second kappa shape index (κ2) is 6.38. The first-order valence-corrected chi connectivity index (χ1v) is 10.5. The van der Waals surface area contributed by atoms with Gasteiger partial charge in [0.05, 0.1) is 9.20 Å². The average Bonchev–Trinajstić information content (AvgIpc) is 3.42. The van der Waals surface area contributed by atoms with Crippen LogP contribution in [0.5, 0.6) is 0 Å². The third-order valence-corrected chi connectivity index (χ3v) is 7.14. The molecule has 3 aromatic rings. The Balaban J connectivity index is 1.50. The molecule has 2 aliphatic rings. The summed E-state index contributed by atoms with van der Waals surface area (Å²) >= 11 is 1.48. The molecule has 0 spiro atoms. The zero-order chi connectivity index (χ0) is 18.5. The monoisotopic (exact) mass is 377 g/mol. The van der Waals surface area contributed by atoms with E-state index in [1.807, 2.05) is 22.8 Å². The Morgan fingerprint density at radius 2 is 1.96 bits per heavy atom. The molecule has 3 nitrogen and oxygen atoms in total. The third kappa shape index (κ3) is 2.92. The summed E-state index contributed by atoms with van der Waals surface area (Å²) in [6, 6.07) is 12.5. The van der Waals surface area contributed by atoms with Gasteiger partial charge in [0, 0.05) is 17.7 Å². The Morgan fingerprint density at radius 1 is 1.15 bits per heavy atom. The van der Waals surface area contributed by atoms with Gasteiger partial charge in [0.2, 0.25) is 0 Å². The van der Waals surface area contributed by atoms with Crippen LogP contribution in [0.4, 0.5) is 0 Å². The molecular weight excluding hydrogens is 354 g/mol. The molecule has 0 radical (unpaired) electrons. The van der Waals surface area contributed by atoms with Gasteiger partial charge in [-0.05, 0) is 50.2 Å². The van der Waals surface area contributed by atoms with E-state index in [2.05, 4.69) is 37.8 Å². The fourth-order valence-electron chi connectivity index (χ4n) is 4.84. The average molecular weight is 378 g/mol. The van der Waals surface area contributed by atoms with Gasteiger partial charge < -0.3 is 4.42 Å². The predicted molar refractivity (Wildman–Crippen MR) is 110 cm³/mol. The van der Waals surface area contributed by atoms with Crippen LogP contribution in [0.1, 0.15) is 43.0 Å². The molecule has 1 aromatic carbocycles. The fourth-order valence-corrected chi connectivity index (χ4v) is 5.77. The number of nitrogens with zero attached hydrogens (tertiary/aromatic N) is 1. The molecule has 2 saturated carbocycles. The Labute approximate surface area is 162 Å². The normalized spacial score (nSPS) is 24.8. The van der Waals surface area contributed by atoms with Gasteiger partial charge in [-0.2, -0.15) is 0 Å². The van der Waals surface area contributed by atoms with Crippen molar-refractivity contribution in [3.63, 3.8) is 0 Å². The lowest BCUT2D eigenvalue weighted by atomic mass is 9.95. The van der Waals surface area contributed by atoms with Crippen LogP contribution in [0.3, 0.4) is 0 Å². The van der Waals surface area contributed by atoms with Gasteiger partial charge in [-0.15, -0.1) is 11.3 Å². The van der Waals surface area contributed by atoms with Crippen molar-refractivity contribution in [1.29, 1.82) is 0 Å². The fraction of sp³-hybridized carbons (Fsp3) is 0.348. The van der Waals surface area contributed by atoms with Crippen molar-refractivity contribution in [2.75, 3.05) is 0 Å². The van der Waals surface area contributed by atoms with E-state index in [1.165, 1.54) is 36.2 Å². The van der Waals surface area contributed by atoms with Crippen molar-refractivity contribution in [2.45, 2.75) is 38.6 Å². The molecule has 2 heterocycles. The maximum Gasteiger partial charge on any atom is 0.269 e. The largest absolute Gasteiger partial charge is 0.457 e. The first kappa shape index (κ1) is 16.8. The highest BCUT2D eigenvalue weighted by atomic mass is 32.1. The summed E-state index contributed by atoms with van der Waals surface area (Å²) in [6.07, 6.45) is 6.88. The van der Waals surface area contributed by atoms with Crippen molar-refractivity contribution in [3.05, 3.63) is 67.3 Å². The predicted octanol–water partition coefficient (Wildman–Crippen LogP) is 4.08. The molecule has 138 valence electrons. The van der Waals surface area contributed by atoms with Crippen LogP contribution in [0.2, 0.25) is 0 Å². The third-order valence-electron chi connectivity index (χ3n) is 6.19. The molecule has 5 rings (SSSR count). The second-order valence-corrected chi connectivity index (χ2v) is 9.10. The van der Waals surface area contributed by atoms with Crippen LogP contribution < -0.4 is 14.8 Å². The number of furan rings is 1. The first-order chi connectivity index (χ1) is 13.1. The van der Waals surface area contributed by atoms with Gasteiger partial charge in [0.1, 0.15) is 11.5 Å². The van der Waals surface area contributed by atoms with Gasteiger partial charge in [0.15, 0.2) is 0 Å². The van der Waals surface area contributed by atoms with Crippen molar-refractivity contribution < 1.29 is 4.42 Å². The summed E-state index contributed by atoms with van der Waals surface area (Å²) < 4.78 is 9.52. The molecule has 2 aromatic heterocycles. The standard InChI is InChI=1S/C23H23NO2S/c1-14-3-6-17(7-4-14)21-10-9-19(26-21)13-22-23(25)24(15(2)27-22)20-12-16-5-8-18(20)11-16/h3-4,6-7,9-10,13,16,18,20H,2,5,8,11-12H2,1H3/b22-13-. The number of hydrogen-bond acceptors (Lipinski definition) is 3. The number of thiazole rings is 1. The van der Waals surface area contributed by atoms with Crippen LogP contribution >= 0.6 is 11.3 Å². The van der Waals surface area contributed by atoms with Crippen LogP contribution in [0.15, 0.2) is 45.6 Å². The summed E-state index contributed by atoms with van der Waals surface area (Å²) in [4.78, 5) is 13.0. The Morgan fingerprint density at radius 3 is 2.67 bits per heavy atom. The van der Waals surface area contributed by atoms with E-state index in [4.69, 9.17) is 4.42 Å². The quantitative estimate of drug-likeness (QED) is 0.689. The number of aromatic nitrogens is 1. The molecule has 2 aliphatic carbocycles. The molecular formula is C23H23NO2S. The summed E-state index contributed by atoms with van der Waals surface area (Å²) in [6.45, 7) is 6.23. The van der Waals surface area contributed by atoms with Crippen molar-refractivity contribution in [1.82, 2.24) is 4.57 Å². The lowest BCUT2D eigenvalue weighted by Crippen LogP contribution is -2.36. The highest BCUT2D eigenvalue weighted by Crippen LogP contribution is 2.49. The van der Waals surface area contributed by atoms with Crippen molar-refractivity contribution >= 4 is 24.0 Å². The van der Waals surface area contributed by atoms with E-state index < -0.39 is 0 Å². The molecule has 2 bridgehead atoms. The summed E-state index contributed by atoms with van der Waals surface area (Å²) in [7, 11) is 0. The summed E-state index contributed by atoms with van der Waals surface area (Å²) in [5.74, 6) is 3.00. The lowest BCUT2D eigenvalue weighted by molar-refractivity contribution is 0.321. The second-order valence-electron chi connectivity index (χ2n) is 7.99. The van der Waals surface area contributed by atoms with E-state index in [-0.39, 0.29) is 5.56 Å². The van der Waals surface area contributed by atoms with Gasteiger partial charge in [-0.1, -0.05) is 42.8 Å². The van der Waals surface area contributed by atoms with Crippen LogP contribution in [0.25, 0.3) is 24.0 Å². The van der Waals surface area contributed by atoms with Crippen molar-refractivity contribution in [2.24, 2.45) is 11.8 Å². The number of aryl methyl sites for hydroxylation is 1. The zero-order valence-electron chi connectivity index (χ0n) is 15.5.